The maximum Gasteiger partial charge on any atom is 0.218 e. The largest absolute Gasteiger partial charge is 0.475 e. The van der Waals surface area contributed by atoms with Gasteiger partial charge < -0.3 is 4.74 Å². The van der Waals surface area contributed by atoms with Gasteiger partial charge in [0.05, 0.1) is 6.10 Å². The fourth-order valence-corrected chi connectivity index (χ4v) is 2.88. The molecule has 0 amide bonds. The second kappa shape index (κ2) is 6.90. The zero-order chi connectivity index (χ0) is 13.7. The highest BCUT2D eigenvalue weighted by atomic mass is 16.5. The molecule has 0 aliphatic carbocycles. The highest BCUT2D eigenvalue weighted by molar-refractivity contribution is 5.29. The Kier molecular flexibility index (Phi) is 5.20. The molecule has 2 heterocycles. The van der Waals surface area contributed by atoms with Gasteiger partial charge in [0.15, 0.2) is 0 Å². The van der Waals surface area contributed by atoms with Crippen LogP contribution in [0.5, 0.6) is 5.88 Å². The van der Waals surface area contributed by atoms with Gasteiger partial charge in [-0.3, -0.25) is 4.90 Å². The number of aromatic nitrogens is 1. The van der Waals surface area contributed by atoms with E-state index in [-0.39, 0.29) is 6.10 Å². The SMILES string of the molecule is CCCN1CCCC[C@@H]1c1cccnc1OC(C)C. The molecule has 1 aliphatic heterocycles. The molecule has 3 heteroatoms. The highest BCUT2D eigenvalue weighted by Crippen LogP contribution is 2.35. The standard InChI is InChI=1S/C16H26N2O/c1-4-11-18-12-6-5-9-15(18)14-8-7-10-17-16(14)19-13(2)3/h7-8,10,13,15H,4-6,9,11-12H2,1-3H3/t15-/m1/s1. The third-order valence-corrected chi connectivity index (χ3v) is 3.63. The molecule has 1 saturated heterocycles. The number of hydrogen-bond acceptors (Lipinski definition) is 3. The van der Waals surface area contributed by atoms with E-state index in [1.807, 2.05) is 12.3 Å². The molecule has 2 rings (SSSR count). The van der Waals surface area contributed by atoms with E-state index in [9.17, 15) is 0 Å². The monoisotopic (exact) mass is 262 g/mol. The van der Waals surface area contributed by atoms with Crippen LogP contribution in [0, 0.1) is 0 Å². The summed E-state index contributed by atoms with van der Waals surface area (Å²) in [4.78, 5) is 7.03. The van der Waals surface area contributed by atoms with Crippen molar-refractivity contribution in [1.29, 1.82) is 0 Å². The van der Waals surface area contributed by atoms with E-state index in [4.69, 9.17) is 4.74 Å². The van der Waals surface area contributed by atoms with Crippen molar-refractivity contribution >= 4 is 0 Å². The number of piperidine rings is 1. The van der Waals surface area contributed by atoms with Crippen molar-refractivity contribution in [2.75, 3.05) is 13.1 Å². The normalized spacial score (nSPS) is 20.7. The molecule has 0 N–H and O–H groups in total. The summed E-state index contributed by atoms with van der Waals surface area (Å²) in [5, 5.41) is 0. The van der Waals surface area contributed by atoms with Crippen molar-refractivity contribution < 1.29 is 4.74 Å². The second-order valence-corrected chi connectivity index (χ2v) is 5.61. The molecule has 106 valence electrons. The van der Waals surface area contributed by atoms with Crippen molar-refractivity contribution in [3.05, 3.63) is 23.9 Å². The van der Waals surface area contributed by atoms with E-state index in [1.54, 1.807) is 0 Å². The number of rotatable bonds is 5. The van der Waals surface area contributed by atoms with Crippen LogP contribution in [0.1, 0.15) is 58.1 Å². The van der Waals surface area contributed by atoms with Crippen LogP contribution >= 0.6 is 0 Å². The van der Waals surface area contributed by atoms with Crippen LogP contribution in [-0.4, -0.2) is 29.1 Å². The maximum absolute atomic E-state index is 5.89. The molecule has 0 saturated carbocycles. The average Bonchev–Trinajstić information content (AvgIpc) is 2.40. The predicted octanol–water partition coefficient (Wildman–Crippen LogP) is 3.81. The fourth-order valence-electron chi connectivity index (χ4n) is 2.88. The second-order valence-electron chi connectivity index (χ2n) is 5.61. The van der Waals surface area contributed by atoms with Crippen LogP contribution in [0.2, 0.25) is 0 Å². The number of hydrogen-bond donors (Lipinski definition) is 0. The van der Waals surface area contributed by atoms with Gasteiger partial charge in [-0.05, 0) is 52.3 Å². The molecule has 0 unspecified atom stereocenters. The van der Waals surface area contributed by atoms with E-state index in [2.05, 4.69) is 36.7 Å². The zero-order valence-corrected chi connectivity index (χ0v) is 12.4. The Hall–Kier alpha value is -1.09. The molecular formula is C16H26N2O. The van der Waals surface area contributed by atoms with Crippen molar-refractivity contribution in [3.63, 3.8) is 0 Å². The molecule has 1 aromatic heterocycles. The van der Waals surface area contributed by atoms with Gasteiger partial charge in [0.2, 0.25) is 5.88 Å². The van der Waals surface area contributed by atoms with Crippen molar-refractivity contribution in [1.82, 2.24) is 9.88 Å². The number of nitrogens with zero attached hydrogens (tertiary/aromatic N) is 2. The highest BCUT2D eigenvalue weighted by Gasteiger charge is 2.26. The van der Waals surface area contributed by atoms with Gasteiger partial charge in [-0.1, -0.05) is 19.4 Å². The van der Waals surface area contributed by atoms with E-state index < -0.39 is 0 Å². The Morgan fingerprint density at radius 3 is 3.00 bits per heavy atom. The lowest BCUT2D eigenvalue weighted by molar-refractivity contribution is 0.141. The minimum Gasteiger partial charge on any atom is -0.475 e. The first kappa shape index (κ1) is 14.3. The van der Waals surface area contributed by atoms with E-state index in [1.165, 1.54) is 44.3 Å². The summed E-state index contributed by atoms with van der Waals surface area (Å²) < 4.78 is 5.89. The lowest BCUT2D eigenvalue weighted by Crippen LogP contribution is -2.34. The number of ether oxygens (including phenoxy) is 1. The Morgan fingerprint density at radius 2 is 2.26 bits per heavy atom. The minimum atomic E-state index is 0.178. The summed E-state index contributed by atoms with van der Waals surface area (Å²) in [5.74, 6) is 0.825. The molecule has 3 nitrogen and oxygen atoms in total. The Morgan fingerprint density at radius 1 is 1.42 bits per heavy atom. The molecule has 1 fully saturated rings. The maximum atomic E-state index is 5.89. The Bertz CT molecular complexity index is 390. The van der Waals surface area contributed by atoms with Crippen molar-refractivity contribution in [2.24, 2.45) is 0 Å². The predicted molar refractivity (Wildman–Crippen MR) is 78.5 cm³/mol. The van der Waals surface area contributed by atoms with Gasteiger partial charge in [-0.25, -0.2) is 4.98 Å². The van der Waals surface area contributed by atoms with Crippen molar-refractivity contribution in [2.45, 2.75) is 58.6 Å². The molecule has 0 spiro atoms. The van der Waals surface area contributed by atoms with Crippen molar-refractivity contribution in [3.8, 4) is 5.88 Å². The summed E-state index contributed by atoms with van der Waals surface area (Å²) in [6.45, 7) is 8.74. The van der Waals surface area contributed by atoms with Gasteiger partial charge in [0, 0.05) is 17.8 Å². The van der Waals surface area contributed by atoms with Crippen LogP contribution in [0.15, 0.2) is 18.3 Å². The molecule has 0 aromatic carbocycles. The first-order chi connectivity index (χ1) is 9.22. The summed E-state index contributed by atoms with van der Waals surface area (Å²) in [6, 6.07) is 4.70. The molecule has 1 atom stereocenters. The Labute approximate surface area is 117 Å². The van der Waals surface area contributed by atoms with Gasteiger partial charge in [0.25, 0.3) is 0 Å². The molecular weight excluding hydrogens is 236 g/mol. The Balaban J connectivity index is 2.22. The van der Waals surface area contributed by atoms with E-state index >= 15 is 0 Å². The molecule has 19 heavy (non-hydrogen) atoms. The first-order valence-corrected chi connectivity index (χ1v) is 7.58. The van der Waals surface area contributed by atoms with Crippen LogP contribution in [0.25, 0.3) is 0 Å². The third kappa shape index (κ3) is 3.69. The lowest BCUT2D eigenvalue weighted by atomic mass is 9.95. The molecule has 1 aliphatic rings. The van der Waals surface area contributed by atoms with Gasteiger partial charge in [-0.15, -0.1) is 0 Å². The first-order valence-electron chi connectivity index (χ1n) is 7.58. The number of pyridine rings is 1. The third-order valence-electron chi connectivity index (χ3n) is 3.63. The molecule has 1 aromatic rings. The minimum absolute atomic E-state index is 0.178. The topological polar surface area (TPSA) is 25.4 Å². The zero-order valence-electron chi connectivity index (χ0n) is 12.4. The lowest BCUT2D eigenvalue weighted by Gasteiger charge is -2.36. The summed E-state index contributed by atoms with van der Waals surface area (Å²) in [6.07, 6.45) is 7.06. The van der Waals surface area contributed by atoms with Gasteiger partial charge >= 0.3 is 0 Å². The fraction of sp³-hybridized carbons (Fsp3) is 0.688. The average molecular weight is 262 g/mol. The number of likely N-dealkylation sites (tertiary alicyclic amines) is 1. The van der Waals surface area contributed by atoms with Crippen LogP contribution in [0.3, 0.4) is 0 Å². The summed E-state index contributed by atoms with van der Waals surface area (Å²) in [7, 11) is 0. The summed E-state index contributed by atoms with van der Waals surface area (Å²) in [5.41, 5.74) is 1.27. The van der Waals surface area contributed by atoms with Gasteiger partial charge in [0.1, 0.15) is 0 Å². The van der Waals surface area contributed by atoms with E-state index in [0.29, 0.717) is 6.04 Å². The van der Waals surface area contributed by atoms with Crippen LogP contribution in [-0.2, 0) is 0 Å². The van der Waals surface area contributed by atoms with Crippen LogP contribution < -0.4 is 4.74 Å². The van der Waals surface area contributed by atoms with Crippen LogP contribution in [0.4, 0.5) is 0 Å². The smallest absolute Gasteiger partial charge is 0.218 e. The summed E-state index contributed by atoms with van der Waals surface area (Å²) >= 11 is 0. The van der Waals surface area contributed by atoms with Gasteiger partial charge in [-0.2, -0.15) is 0 Å². The van der Waals surface area contributed by atoms with E-state index in [0.717, 1.165) is 5.88 Å². The molecule has 0 bridgehead atoms. The molecule has 0 radical (unpaired) electrons. The quantitative estimate of drug-likeness (QED) is 0.807.